The first-order valence-electron chi connectivity index (χ1n) is 9.38. The molecule has 1 aromatic carbocycles. The number of piperazine rings is 1. The SMILES string of the molecule is Cc1cccn2c(=O)cc(C[NH+]3CC[NH+](Cc4ccccc4)CC3)nc12. The van der Waals surface area contributed by atoms with Crippen molar-refractivity contribution in [1.29, 1.82) is 0 Å². The third-order valence-corrected chi connectivity index (χ3v) is 5.33. The Morgan fingerprint density at radius 2 is 1.65 bits per heavy atom. The van der Waals surface area contributed by atoms with Crippen molar-refractivity contribution in [3.8, 4) is 0 Å². The molecule has 1 saturated heterocycles. The summed E-state index contributed by atoms with van der Waals surface area (Å²) in [6.45, 7) is 8.51. The molecule has 0 amide bonds. The van der Waals surface area contributed by atoms with E-state index in [1.807, 2.05) is 19.1 Å². The lowest BCUT2D eigenvalue weighted by molar-refractivity contribution is -1.02. The van der Waals surface area contributed by atoms with Gasteiger partial charge in [0.05, 0.1) is 0 Å². The number of pyridine rings is 1. The van der Waals surface area contributed by atoms with Gasteiger partial charge in [-0.3, -0.25) is 9.20 Å². The van der Waals surface area contributed by atoms with Gasteiger partial charge in [-0.25, -0.2) is 4.98 Å². The van der Waals surface area contributed by atoms with E-state index >= 15 is 0 Å². The molecular weight excluding hydrogens is 324 g/mol. The van der Waals surface area contributed by atoms with Gasteiger partial charge in [0.2, 0.25) is 0 Å². The highest BCUT2D eigenvalue weighted by Gasteiger charge is 2.23. The van der Waals surface area contributed by atoms with Crippen LogP contribution in [0.25, 0.3) is 5.65 Å². The largest absolute Gasteiger partial charge is 0.322 e. The van der Waals surface area contributed by atoms with Gasteiger partial charge < -0.3 is 9.80 Å². The quantitative estimate of drug-likeness (QED) is 0.666. The molecule has 0 unspecified atom stereocenters. The Morgan fingerprint density at radius 3 is 2.38 bits per heavy atom. The molecular formula is C21H26N4O+2. The van der Waals surface area contributed by atoms with Gasteiger partial charge in [0.15, 0.2) is 0 Å². The van der Waals surface area contributed by atoms with E-state index in [4.69, 9.17) is 4.98 Å². The number of nitrogens with zero attached hydrogens (tertiary/aromatic N) is 2. The number of aromatic nitrogens is 2. The van der Waals surface area contributed by atoms with Gasteiger partial charge in [0.25, 0.3) is 5.56 Å². The highest BCUT2D eigenvalue weighted by atomic mass is 16.1. The average Bonchev–Trinajstić information content (AvgIpc) is 2.65. The standard InChI is InChI=1S/C21H24N4O/c1-17-6-5-9-25-20(26)14-19(22-21(17)25)16-24-12-10-23(11-13-24)15-18-7-3-2-4-8-18/h2-9,14H,10-13,15-16H2,1H3/p+2. The molecule has 0 bridgehead atoms. The summed E-state index contributed by atoms with van der Waals surface area (Å²) in [6, 6.07) is 16.3. The van der Waals surface area contributed by atoms with Gasteiger partial charge in [-0.15, -0.1) is 0 Å². The summed E-state index contributed by atoms with van der Waals surface area (Å²) < 4.78 is 1.64. The number of quaternary nitrogens is 2. The summed E-state index contributed by atoms with van der Waals surface area (Å²) in [5, 5.41) is 0. The van der Waals surface area contributed by atoms with Crippen LogP contribution in [0.3, 0.4) is 0 Å². The molecule has 5 heteroatoms. The van der Waals surface area contributed by atoms with Gasteiger partial charge in [0.1, 0.15) is 50.6 Å². The normalized spacial score (nSPS) is 20.3. The monoisotopic (exact) mass is 350 g/mol. The van der Waals surface area contributed by atoms with E-state index in [1.54, 1.807) is 21.6 Å². The van der Waals surface area contributed by atoms with Crippen molar-refractivity contribution < 1.29 is 9.80 Å². The van der Waals surface area contributed by atoms with Crippen molar-refractivity contribution in [3.05, 3.63) is 81.9 Å². The second kappa shape index (κ2) is 7.40. The molecule has 134 valence electrons. The van der Waals surface area contributed by atoms with Gasteiger partial charge in [0, 0.05) is 17.8 Å². The van der Waals surface area contributed by atoms with Gasteiger partial charge in [-0.1, -0.05) is 36.4 Å². The van der Waals surface area contributed by atoms with Crippen LogP contribution >= 0.6 is 0 Å². The van der Waals surface area contributed by atoms with Crippen LogP contribution in [0.2, 0.25) is 0 Å². The number of rotatable bonds is 4. The maximum Gasteiger partial charge on any atom is 0.258 e. The van der Waals surface area contributed by atoms with E-state index in [-0.39, 0.29) is 5.56 Å². The fourth-order valence-electron chi connectivity index (χ4n) is 3.85. The minimum absolute atomic E-state index is 0.0152. The van der Waals surface area contributed by atoms with Crippen molar-refractivity contribution >= 4 is 5.65 Å². The molecule has 3 heterocycles. The Morgan fingerprint density at radius 1 is 0.962 bits per heavy atom. The van der Waals surface area contributed by atoms with Crippen molar-refractivity contribution in [3.63, 3.8) is 0 Å². The summed E-state index contributed by atoms with van der Waals surface area (Å²) >= 11 is 0. The first-order valence-corrected chi connectivity index (χ1v) is 9.38. The second-order valence-corrected chi connectivity index (χ2v) is 7.31. The first-order chi connectivity index (χ1) is 12.7. The molecule has 0 spiro atoms. The third kappa shape index (κ3) is 3.69. The highest BCUT2D eigenvalue weighted by Crippen LogP contribution is 2.05. The lowest BCUT2D eigenvalue weighted by Gasteiger charge is -2.29. The number of benzene rings is 1. The topological polar surface area (TPSA) is 43.2 Å². The predicted octanol–water partition coefficient (Wildman–Crippen LogP) is -0.513. The van der Waals surface area contributed by atoms with Crippen LogP contribution in [0.5, 0.6) is 0 Å². The highest BCUT2D eigenvalue weighted by molar-refractivity contribution is 5.46. The summed E-state index contributed by atoms with van der Waals surface area (Å²) in [4.78, 5) is 20.3. The fraction of sp³-hybridized carbons (Fsp3) is 0.333. The summed E-state index contributed by atoms with van der Waals surface area (Å²) in [7, 11) is 0. The minimum atomic E-state index is 0.0152. The van der Waals surface area contributed by atoms with E-state index in [0.29, 0.717) is 0 Å². The zero-order chi connectivity index (χ0) is 17.9. The van der Waals surface area contributed by atoms with Crippen LogP contribution in [0.1, 0.15) is 16.8 Å². The van der Waals surface area contributed by atoms with Crippen molar-refractivity contribution in [2.24, 2.45) is 0 Å². The molecule has 1 aliphatic rings. The molecule has 0 aliphatic carbocycles. The zero-order valence-corrected chi connectivity index (χ0v) is 15.2. The molecule has 2 aromatic heterocycles. The molecule has 4 rings (SSSR count). The molecule has 2 N–H and O–H groups in total. The van der Waals surface area contributed by atoms with E-state index in [1.165, 1.54) is 10.5 Å². The van der Waals surface area contributed by atoms with E-state index in [9.17, 15) is 4.79 Å². The average molecular weight is 350 g/mol. The Bertz CT molecular complexity index is 943. The first kappa shape index (κ1) is 16.9. The Kier molecular flexibility index (Phi) is 4.82. The van der Waals surface area contributed by atoms with Crippen LogP contribution < -0.4 is 15.4 Å². The maximum atomic E-state index is 12.4. The Labute approximate surface area is 153 Å². The predicted molar refractivity (Wildman–Crippen MR) is 101 cm³/mol. The lowest BCUT2D eigenvalue weighted by atomic mass is 10.2. The molecule has 0 radical (unpaired) electrons. The lowest BCUT2D eigenvalue weighted by Crippen LogP contribution is -3.27. The minimum Gasteiger partial charge on any atom is -0.322 e. The van der Waals surface area contributed by atoms with E-state index in [2.05, 4.69) is 30.3 Å². The third-order valence-electron chi connectivity index (χ3n) is 5.33. The van der Waals surface area contributed by atoms with Crippen LogP contribution in [0, 0.1) is 6.92 Å². The van der Waals surface area contributed by atoms with Gasteiger partial charge >= 0.3 is 0 Å². The van der Waals surface area contributed by atoms with Crippen molar-refractivity contribution in [2.45, 2.75) is 20.0 Å². The van der Waals surface area contributed by atoms with Crippen LogP contribution in [0.15, 0.2) is 59.5 Å². The van der Waals surface area contributed by atoms with Gasteiger partial charge in [-0.2, -0.15) is 0 Å². The Hall–Kier alpha value is -2.50. The van der Waals surface area contributed by atoms with Crippen LogP contribution in [-0.4, -0.2) is 35.6 Å². The number of aryl methyl sites for hydroxylation is 1. The number of fused-ring (bicyclic) bond motifs is 1. The summed E-state index contributed by atoms with van der Waals surface area (Å²) in [5.41, 5.74) is 4.15. The van der Waals surface area contributed by atoms with Crippen LogP contribution in [-0.2, 0) is 13.1 Å². The summed E-state index contributed by atoms with van der Waals surface area (Å²) in [5.74, 6) is 0. The van der Waals surface area contributed by atoms with Crippen molar-refractivity contribution in [2.75, 3.05) is 26.2 Å². The fourth-order valence-corrected chi connectivity index (χ4v) is 3.85. The number of nitrogens with one attached hydrogen (secondary N) is 2. The second-order valence-electron chi connectivity index (χ2n) is 7.31. The molecule has 0 saturated carbocycles. The molecule has 1 fully saturated rings. The number of hydrogen-bond donors (Lipinski definition) is 2. The molecule has 0 atom stereocenters. The number of hydrogen-bond acceptors (Lipinski definition) is 2. The molecule has 26 heavy (non-hydrogen) atoms. The smallest absolute Gasteiger partial charge is 0.258 e. The zero-order valence-electron chi connectivity index (χ0n) is 15.2. The van der Waals surface area contributed by atoms with Gasteiger partial charge in [-0.05, 0) is 18.6 Å². The molecule has 3 aromatic rings. The maximum absolute atomic E-state index is 12.4. The molecule has 1 aliphatic heterocycles. The van der Waals surface area contributed by atoms with E-state index in [0.717, 1.165) is 56.2 Å². The molecule has 5 nitrogen and oxygen atoms in total. The van der Waals surface area contributed by atoms with Crippen LogP contribution in [0.4, 0.5) is 0 Å². The van der Waals surface area contributed by atoms with E-state index < -0.39 is 0 Å². The Balaban J connectivity index is 1.41. The van der Waals surface area contributed by atoms with Crippen molar-refractivity contribution in [1.82, 2.24) is 9.38 Å². The summed E-state index contributed by atoms with van der Waals surface area (Å²) in [6.07, 6.45) is 1.79.